The van der Waals surface area contributed by atoms with E-state index in [2.05, 4.69) is 55.1 Å². The number of piperidine rings is 1. The van der Waals surface area contributed by atoms with Crippen molar-refractivity contribution in [1.82, 2.24) is 0 Å². The fourth-order valence-electron chi connectivity index (χ4n) is 3.61. The van der Waals surface area contributed by atoms with Crippen LogP contribution in [-0.2, 0) is 6.54 Å². The van der Waals surface area contributed by atoms with Gasteiger partial charge in [-0.25, -0.2) is 0 Å². The minimum atomic E-state index is 0.607. The van der Waals surface area contributed by atoms with Crippen LogP contribution in [0.2, 0.25) is 0 Å². The predicted molar refractivity (Wildman–Crippen MR) is 91.6 cm³/mol. The Morgan fingerprint density at radius 2 is 1.71 bits per heavy atom. The summed E-state index contributed by atoms with van der Waals surface area (Å²) in [6, 6.07) is 13.1. The fourth-order valence-corrected chi connectivity index (χ4v) is 3.61. The second-order valence-corrected chi connectivity index (χ2v) is 6.56. The van der Waals surface area contributed by atoms with Crippen molar-refractivity contribution >= 4 is 16.5 Å². The average Bonchev–Trinajstić information content (AvgIpc) is 2.54. The van der Waals surface area contributed by atoms with Gasteiger partial charge in [0.2, 0.25) is 0 Å². The van der Waals surface area contributed by atoms with Gasteiger partial charge in [0, 0.05) is 30.7 Å². The fraction of sp³-hybridized carbons (Fsp3) is 0.474. The molecule has 21 heavy (non-hydrogen) atoms. The predicted octanol–water partition coefficient (Wildman–Crippen LogP) is 4.17. The monoisotopic (exact) mass is 282 g/mol. The molecule has 0 aromatic heterocycles. The normalized spacial score (nSPS) is 16.9. The molecule has 1 aliphatic heterocycles. The molecular formula is C19H26N2. The lowest BCUT2D eigenvalue weighted by molar-refractivity contribution is 0.311. The molecule has 2 nitrogen and oxygen atoms in total. The lowest BCUT2D eigenvalue weighted by Crippen LogP contribution is -2.35. The topological polar surface area (TPSA) is 29.3 Å². The Hall–Kier alpha value is -1.54. The molecule has 2 aromatic rings. The summed E-state index contributed by atoms with van der Waals surface area (Å²) < 4.78 is 0. The summed E-state index contributed by atoms with van der Waals surface area (Å²) in [7, 11) is 0. The van der Waals surface area contributed by atoms with Crippen molar-refractivity contribution in [3.8, 4) is 0 Å². The van der Waals surface area contributed by atoms with Crippen LogP contribution in [-0.4, -0.2) is 13.1 Å². The van der Waals surface area contributed by atoms with Crippen LogP contribution >= 0.6 is 0 Å². The van der Waals surface area contributed by atoms with E-state index in [0.717, 1.165) is 11.8 Å². The molecule has 2 heteroatoms. The molecule has 1 fully saturated rings. The first kappa shape index (κ1) is 14.4. The summed E-state index contributed by atoms with van der Waals surface area (Å²) in [5, 5.41) is 2.66. The van der Waals surface area contributed by atoms with Gasteiger partial charge in [0.1, 0.15) is 0 Å². The van der Waals surface area contributed by atoms with Crippen LogP contribution < -0.4 is 10.6 Å². The van der Waals surface area contributed by atoms with Crippen LogP contribution in [0.15, 0.2) is 36.4 Å². The zero-order chi connectivity index (χ0) is 14.8. The van der Waals surface area contributed by atoms with Gasteiger partial charge in [0.05, 0.1) is 0 Å². The molecule has 0 atom stereocenters. The molecule has 112 valence electrons. The maximum Gasteiger partial charge on any atom is 0.0446 e. The molecule has 0 spiro atoms. The Balaban J connectivity index is 1.92. The molecule has 1 saturated heterocycles. The van der Waals surface area contributed by atoms with Crippen LogP contribution in [0.4, 0.5) is 5.69 Å². The van der Waals surface area contributed by atoms with Gasteiger partial charge in [-0.2, -0.15) is 0 Å². The third-order valence-corrected chi connectivity index (χ3v) is 5.03. The smallest absolute Gasteiger partial charge is 0.0446 e. The van der Waals surface area contributed by atoms with E-state index in [1.807, 2.05) is 0 Å². The van der Waals surface area contributed by atoms with Gasteiger partial charge < -0.3 is 10.6 Å². The number of fused-ring (bicyclic) bond motifs is 1. The van der Waals surface area contributed by atoms with Crippen LogP contribution in [0.1, 0.15) is 32.3 Å². The first-order chi connectivity index (χ1) is 10.2. The zero-order valence-corrected chi connectivity index (χ0v) is 13.2. The highest BCUT2D eigenvalue weighted by Gasteiger charge is 2.22. The van der Waals surface area contributed by atoms with Gasteiger partial charge in [-0.15, -0.1) is 0 Å². The lowest BCUT2D eigenvalue weighted by atomic mass is 9.86. The van der Waals surface area contributed by atoms with Crippen LogP contribution in [0.3, 0.4) is 0 Å². The summed E-state index contributed by atoms with van der Waals surface area (Å²) in [4.78, 5) is 2.56. The van der Waals surface area contributed by atoms with Crippen molar-refractivity contribution < 1.29 is 0 Å². The molecule has 0 radical (unpaired) electrons. The van der Waals surface area contributed by atoms with E-state index in [-0.39, 0.29) is 0 Å². The average molecular weight is 282 g/mol. The quantitative estimate of drug-likeness (QED) is 0.915. The Labute approximate surface area is 127 Å². The maximum absolute atomic E-state index is 5.88. The standard InChI is InChI=1S/C19H26N2/c1-14(2)15-9-11-21(12-10-15)19-8-7-16(13-20)17-5-3-4-6-18(17)19/h3-8,14-15H,9-13,20H2,1-2H3. The Morgan fingerprint density at radius 3 is 2.33 bits per heavy atom. The Morgan fingerprint density at radius 1 is 1.05 bits per heavy atom. The molecule has 2 aromatic carbocycles. The molecule has 0 aliphatic carbocycles. The van der Waals surface area contributed by atoms with Gasteiger partial charge >= 0.3 is 0 Å². The maximum atomic E-state index is 5.88. The summed E-state index contributed by atoms with van der Waals surface area (Å²) in [6.07, 6.45) is 2.62. The van der Waals surface area contributed by atoms with Crippen molar-refractivity contribution in [2.24, 2.45) is 17.6 Å². The SMILES string of the molecule is CC(C)C1CCN(c2ccc(CN)c3ccccc23)CC1. The summed E-state index contributed by atoms with van der Waals surface area (Å²) in [5.41, 5.74) is 8.50. The van der Waals surface area contributed by atoms with E-state index in [4.69, 9.17) is 5.73 Å². The summed E-state index contributed by atoms with van der Waals surface area (Å²) in [5.74, 6) is 1.69. The molecule has 3 rings (SSSR count). The third-order valence-electron chi connectivity index (χ3n) is 5.03. The van der Waals surface area contributed by atoms with Gasteiger partial charge in [0.15, 0.2) is 0 Å². The van der Waals surface area contributed by atoms with E-state index in [9.17, 15) is 0 Å². The van der Waals surface area contributed by atoms with Crippen molar-refractivity contribution in [3.63, 3.8) is 0 Å². The molecule has 2 N–H and O–H groups in total. The lowest BCUT2D eigenvalue weighted by Gasteiger charge is -2.36. The number of rotatable bonds is 3. The molecule has 0 unspecified atom stereocenters. The minimum Gasteiger partial charge on any atom is -0.371 e. The Bertz CT molecular complexity index is 610. The number of benzene rings is 2. The van der Waals surface area contributed by atoms with E-state index in [1.165, 1.54) is 48.0 Å². The molecule has 0 bridgehead atoms. The number of hydrogen-bond acceptors (Lipinski definition) is 2. The molecule has 1 heterocycles. The van der Waals surface area contributed by atoms with Crippen molar-refractivity contribution in [2.75, 3.05) is 18.0 Å². The first-order valence-electron chi connectivity index (χ1n) is 8.16. The third kappa shape index (κ3) is 2.77. The van der Waals surface area contributed by atoms with Gasteiger partial charge in [-0.1, -0.05) is 44.2 Å². The Kier molecular flexibility index (Phi) is 4.16. The molecule has 0 saturated carbocycles. The highest BCUT2D eigenvalue weighted by Crippen LogP contribution is 2.33. The second kappa shape index (κ2) is 6.07. The van der Waals surface area contributed by atoms with Crippen molar-refractivity contribution in [2.45, 2.75) is 33.2 Å². The van der Waals surface area contributed by atoms with E-state index >= 15 is 0 Å². The van der Waals surface area contributed by atoms with Crippen LogP contribution in [0.25, 0.3) is 10.8 Å². The van der Waals surface area contributed by atoms with E-state index < -0.39 is 0 Å². The highest BCUT2D eigenvalue weighted by atomic mass is 15.1. The highest BCUT2D eigenvalue weighted by molar-refractivity contribution is 5.96. The van der Waals surface area contributed by atoms with Crippen LogP contribution in [0.5, 0.6) is 0 Å². The first-order valence-corrected chi connectivity index (χ1v) is 8.16. The van der Waals surface area contributed by atoms with Crippen molar-refractivity contribution in [3.05, 3.63) is 42.0 Å². The zero-order valence-electron chi connectivity index (χ0n) is 13.2. The summed E-state index contributed by atoms with van der Waals surface area (Å²) in [6.45, 7) is 7.66. The number of anilines is 1. The van der Waals surface area contributed by atoms with E-state index in [0.29, 0.717) is 6.54 Å². The van der Waals surface area contributed by atoms with Crippen molar-refractivity contribution in [1.29, 1.82) is 0 Å². The minimum absolute atomic E-state index is 0.607. The van der Waals surface area contributed by atoms with Crippen LogP contribution in [0, 0.1) is 11.8 Å². The van der Waals surface area contributed by atoms with Gasteiger partial charge in [-0.05, 0) is 41.7 Å². The number of nitrogens with zero attached hydrogens (tertiary/aromatic N) is 1. The van der Waals surface area contributed by atoms with Gasteiger partial charge in [0.25, 0.3) is 0 Å². The largest absolute Gasteiger partial charge is 0.371 e. The van der Waals surface area contributed by atoms with Gasteiger partial charge in [-0.3, -0.25) is 0 Å². The summed E-state index contributed by atoms with van der Waals surface area (Å²) >= 11 is 0. The molecular weight excluding hydrogens is 256 g/mol. The number of hydrogen-bond donors (Lipinski definition) is 1. The van der Waals surface area contributed by atoms with E-state index in [1.54, 1.807) is 0 Å². The number of nitrogens with two attached hydrogens (primary N) is 1. The second-order valence-electron chi connectivity index (χ2n) is 6.56. The molecule has 0 amide bonds. The molecule has 1 aliphatic rings.